The van der Waals surface area contributed by atoms with Crippen molar-refractivity contribution < 1.29 is 23.9 Å². The smallest absolute Gasteiger partial charge is 0.306 e. The third-order valence-corrected chi connectivity index (χ3v) is 7.48. The van der Waals surface area contributed by atoms with Crippen molar-refractivity contribution in [2.24, 2.45) is 35.5 Å². The number of allylic oxidation sites excluding steroid dienone is 2. The molecule has 3 fully saturated rings. The summed E-state index contributed by atoms with van der Waals surface area (Å²) in [6.07, 6.45) is 7.78. The maximum atomic E-state index is 12.9. The van der Waals surface area contributed by atoms with Gasteiger partial charge in [-0.1, -0.05) is 48.9 Å². The lowest BCUT2D eigenvalue weighted by atomic mass is 9.63. The minimum atomic E-state index is -0.398. The molecule has 5 aliphatic rings. The molecule has 0 radical (unpaired) electrons. The van der Waals surface area contributed by atoms with E-state index in [1.165, 1.54) is 11.3 Å². The van der Waals surface area contributed by atoms with Crippen molar-refractivity contribution in [2.45, 2.75) is 32.1 Å². The highest BCUT2D eigenvalue weighted by Gasteiger charge is 2.66. The van der Waals surface area contributed by atoms with Gasteiger partial charge in [0.25, 0.3) is 0 Å². The second kappa shape index (κ2) is 8.06. The summed E-state index contributed by atoms with van der Waals surface area (Å²) in [6.45, 7) is 0.182. The van der Waals surface area contributed by atoms with Gasteiger partial charge in [0, 0.05) is 18.5 Å². The molecule has 2 amide bonds. The van der Waals surface area contributed by atoms with Crippen LogP contribution in [0.15, 0.2) is 42.5 Å². The summed E-state index contributed by atoms with van der Waals surface area (Å²) in [4.78, 5) is 51.1. The van der Waals surface area contributed by atoms with Crippen LogP contribution in [0, 0.1) is 35.5 Å². The van der Waals surface area contributed by atoms with E-state index in [1.54, 1.807) is 24.3 Å². The van der Waals surface area contributed by atoms with E-state index in [0.29, 0.717) is 36.8 Å². The summed E-state index contributed by atoms with van der Waals surface area (Å²) in [5.41, 5.74) is 0.525. The van der Waals surface area contributed by atoms with Crippen molar-refractivity contribution >= 4 is 23.6 Å². The number of rotatable bonds is 9. The number of imide groups is 1. The number of nitrogens with zero attached hydrogens (tertiary/aromatic N) is 1. The van der Waals surface area contributed by atoms with Crippen LogP contribution in [0.5, 0.6) is 0 Å². The zero-order valence-electron chi connectivity index (χ0n) is 17.4. The zero-order chi connectivity index (χ0) is 21.5. The molecule has 162 valence electrons. The second-order valence-corrected chi connectivity index (χ2v) is 9.24. The molecule has 0 spiro atoms. The van der Waals surface area contributed by atoms with Gasteiger partial charge in [-0.05, 0) is 42.9 Å². The van der Waals surface area contributed by atoms with E-state index in [4.69, 9.17) is 4.74 Å². The molecule has 6 nitrogen and oxygen atoms in total. The fraction of sp³-hybridized carbons (Fsp3) is 0.520. The van der Waals surface area contributed by atoms with Gasteiger partial charge < -0.3 is 4.74 Å². The lowest BCUT2D eigenvalue weighted by Crippen LogP contribution is -2.40. The number of esters is 1. The predicted molar refractivity (Wildman–Crippen MR) is 112 cm³/mol. The Morgan fingerprint density at radius 1 is 0.903 bits per heavy atom. The summed E-state index contributed by atoms with van der Waals surface area (Å²) in [6, 6.07) is 8.74. The van der Waals surface area contributed by atoms with Crippen molar-refractivity contribution in [3.05, 3.63) is 48.0 Å². The number of ketones is 1. The number of unbranched alkanes of at least 4 members (excludes halogenated alkanes) is 2. The largest absolute Gasteiger partial charge is 0.457 e. The van der Waals surface area contributed by atoms with Crippen LogP contribution in [-0.4, -0.2) is 41.6 Å². The summed E-state index contributed by atoms with van der Waals surface area (Å²) in [5.74, 6) is 0.891. The number of carbonyl (C=O) groups is 4. The Labute approximate surface area is 181 Å². The van der Waals surface area contributed by atoms with E-state index in [0.717, 1.165) is 6.42 Å². The molecule has 6 atom stereocenters. The van der Waals surface area contributed by atoms with Crippen LogP contribution in [-0.2, 0) is 19.1 Å². The maximum Gasteiger partial charge on any atom is 0.306 e. The molecule has 0 unspecified atom stereocenters. The Morgan fingerprint density at radius 3 is 2.19 bits per heavy atom. The first kappa shape index (κ1) is 20.2. The fourth-order valence-electron chi connectivity index (χ4n) is 5.88. The van der Waals surface area contributed by atoms with Crippen LogP contribution in [0.25, 0.3) is 0 Å². The monoisotopic (exact) mass is 421 g/mol. The van der Waals surface area contributed by atoms with E-state index < -0.39 is 5.97 Å². The van der Waals surface area contributed by atoms with E-state index in [2.05, 4.69) is 12.2 Å². The lowest BCUT2D eigenvalue weighted by Gasteiger charge is -2.37. The van der Waals surface area contributed by atoms with E-state index in [1.807, 2.05) is 6.07 Å². The van der Waals surface area contributed by atoms with Crippen molar-refractivity contribution in [1.82, 2.24) is 4.90 Å². The van der Waals surface area contributed by atoms with Crippen LogP contribution in [0.3, 0.4) is 0 Å². The van der Waals surface area contributed by atoms with Crippen LogP contribution >= 0.6 is 0 Å². The minimum Gasteiger partial charge on any atom is -0.457 e. The van der Waals surface area contributed by atoms with Gasteiger partial charge in [-0.25, -0.2) is 0 Å². The third kappa shape index (κ3) is 3.62. The second-order valence-electron chi connectivity index (χ2n) is 9.24. The number of ether oxygens (including phenoxy) is 1. The summed E-state index contributed by atoms with van der Waals surface area (Å²) in [5, 5.41) is 0. The molecular formula is C25H27NO5. The van der Waals surface area contributed by atoms with Crippen molar-refractivity contribution in [1.29, 1.82) is 0 Å². The quantitative estimate of drug-likeness (QED) is 0.201. The summed E-state index contributed by atoms with van der Waals surface area (Å²) >= 11 is 0. The topological polar surface area (TPSA) is 80.8 Å². The molecule has 6 heteroatoms. The first-order valence-corrected chi connectivity index (χ1v) is 11.3. The molecule has 1 saturated heterocycles. The number of amides is 2. The number of Topliss-reactive ketones (excluding diaryl/α,β-unsaturated/α-hetero) is 1. The molecule has 1 aromatic rings. The van der Waals surface area contributed by atoms with Gasteiger partial charge in [0.15, 0.2) is 12.4 Å². The Hall–Kier alpha value is -2.76. The molecule has 1 heterocycles. The van der Waals surface area contributed by atoms with Crippen molar-refractivity contribution in [2.75, 3.05) is 13.2 Å². The first-order chi connectivity index (χ1) is 15.1. The number of hydrogen-bond acceptors (Lipinski definition) is 5. The van der Waals surface area contributed by atoms with Gasteiger partial charge in [0.05, 0.1) is 11.8 Å². The molecule has 0 N–H and O–H groups in total. The van der Waals surface area contributed by atoms with Crippen LogP contribution in [0.2, 0.25) is 0 Å². The van der Waals surface area contributed by atoms with E-state index >= 15 is 0 Å². The molecule has 6 rings (SSSR count). The van der Waals surface area contributed by atoms with Gasteiger partial charge in [-0.15, -0.1) is 0 Å². The van der Waals surface area contributed by atoms with Gasteiger partial charge in [0.1, 0.15) is 0 Å². The number of benzene rings is 1. The summed E-state index contributed by atoms with van der Waals surface area (Å²) in [7, 11) is 0. The van der Waals surface area contributed by atoms with Gasteiger partial charge in [0.2, 0.25) is 11.8 Å². The van der Waals surface area contributed by atoms with Crippen molar-refractivity contribution in [3.8, 4) is 0 Å². The molecular weight excluding hydrogens is 394 g/mol. The average molecular weight is 421 g/mol. The van der Waals surface area contributed by atoms with E-state index in [-0.39, 0.29) is 54.3 Å². The molecule has 0 aromatic heterocycles. The molecule has 31 heavy (non-hydrogen) atoms. The van der Waals surface area contributed by atoms with E-state index in [9.17, 15) is 19.2 Å². The normalized spacial score (nSPS) is 32.1. The highest BCUT2D eigenvalue weighted by atomic mass is 16.5. The third-order valence-electron chi connectivity index (χ3n) is 7.48. The van der Waals surface area contributed by atoms with Crippen LogP contribution in [0.1, 0.15) is 42.5 Å². The molecule has 2 saturated carbocycles. The molecule has 1 aliphatic heterocycles. The Kier molecular flexibility index (Phi) is 5.24. The zero-order valence-corrected chi connectivity index (χ0v) is 17.4. The molecule has 4 aliphatic carbocycles. The summed E-state index contributed by atoms with van der Waals surface area (Å²) < 4.78 is 5.07. The minimum absolute atomic E-state index is 0.0125. The lowest BCUT2D eigenvalue weighted by molar-refractivity contribution is -0.143. The average Bonchev–Trinajstić information content (AvgIpc) is 3.58. The van der Waals surface area contributed by atoms with Gasteiger partial charge in [-0.2, -0.15) is 0 Å². The molecule has 1 aromatic carbocycles. The maximum absolute atomic E-state index is 12.9. The standard InChI is InChI=1S/C25H27NO5/c27-20(15-7-3-1-4-8-15)14-31-21(28)9-5-2-6-12-26-24(29)22-16-10-11-17(19-13-18(16)19)23(22)25(26)30/h1,3-4,7-8,10-11,16-19,22-23H,2,5-6,9,12-14H2/t16-,17-,18-,19-,22+,23+/m0/s1. The van der Waals surface area contributed by atoms with Gasteiger partial charge in [-0.3, -0.25) is 24.1 Å². The van der Waals surface area contributed by atoms with Crippen LogP contribution < -0.4 is 0 Å². The first-order valence-electron chi connectivity index (χ1n) is 11.3. The number of carbonyl (C=O) groups excluding carboxylic acids is 4. The highest BCUT2D eigenvalue weighted by Crippen LogP contribution is 2.65. The SMILES string of the molecule is O=C(CCCCCN1C(=O)[C@@H]2[C@H]3C=C[C@@H]([C@@H]4C[C@@H]34)[C@H]2C1=O)OCC(=O)c1ccccc1. The van der Waals surface area contributed by atoms with Gasteiger partial charge >= 0.3 is 5.97 Å². The van der Waals surface area contributed by atoms with Crippen molar-refractivity contribution in [3.63, 3.8) is 0 Å². The van der Waals surface area contributed by atoms with Crippen LogP contribution in [0.4, 0.5) is 0 Å². The highest BCUT2D eigenvalue weighted by molar-refractivity contribution is 6.06. The Balaban J connectivity index is 1.02. The number of likely N-dealkylation sites (tertiary alicyclic amines) is 1. The Bertz CT molecular complexity index is 902. The fourth-order valence-corrected chi connectivity index (χ4v) is 5.88. The Morgan fingerprint density at radius 2 is 1.55 bits per heavy atom. The molecule has 2 bridgehead atoms. The number of hydrogen-bond donors (Lipinski definition) is 0. The predicted octanol–water partition coefficient (Wildman–Crippen LogP) is 3.03.